The molecule has 3 aliphatic rings. The van der Waals surface area contributed by atoms with Crippen LogP contribution < -0.4 is 11.1 Å². The van der Waals surface area contributed by atoms with Gasteiger partial charge in [-0.2, -0.15) is 0 Å². The normalized spacial score (nSPS) is 27.2. The van der Waals surface area contributed by atoms with Crippen molar-refractivity contribution in [2.24, 2.45) is 5.41 Å². The van der Waals surface area contributed by atoms with E-state index < -0.39 is 0 Å². The minimum atomic E-state index is -0.0847. The van der Waals surface area contributed by atoms with Gasteiger partial charge in [-0.05, 0) is 43.9 Å². The molecule has 0 radical (unpaired) electrons. The third kappa shape index (κ3) is 3.70. The quantitative estimate of drug-likeness (QED) is 0.860. The van der Waals surface area contributed by atoms with Crippen molar-refractivity contribution in [1.29, 1.82) is 0 Å². The Balaban J connectivity index is 1.26. The van der Waals surface area contributed by atoms with Gasteiger partial charge in [0, 0.05) is 19.1 Å². The predicted molar refractivity (Wildman–Crippen MR) is 92.8 cm³/mol. The number of amides is 1. The summed E-state index contributed by atoms with van der Waals surface area (Å²) in [6, 6.07) is 0.675. The molecule has 2 aliphatic carbocycles. The summed E-state index contributed by atoms with van der Waals surface area (Å²) in [5, 5.41) is 11.1. The van der Waals surface area contributed by atoms with Crippen molar-refractivity contribution in [3.63, 3.8) is 0 Å². The van der Waals surface area contributed by atoms with Gasteiger partial charge < -0.3 is 15.8 Å². The van der Waals surface area contributed by atoms with Crippen LogP contribution in [0.1, 0.15) is 44.9 Å². The van der Waals surface area contributed by atoms with Crippen molar-refractivity contribution < 1.29 is 9.53 Å². The number of hydrogen-bond acceptors (Lipinski definition) is 7. The van der Waals surface area contributed by atoms with E-state index in [4.69, 9.17) is 10.5 Å². The monoisotopic (exact) mass is 351 g/mol. The molecule has 1 atom stereocenters. The molecule has 3 fully saturated rings. The Morgan fingerprint density at radius 2 is 2.12 bits per heavy atom. The molecular formula is C16H25N5O2S. The average Bonchev–Trinajstić information content (AvgIpc) is 3.20. The summed E-state index contributed by atoms with van der Waals surface area (Å²) in [5.74, 6) is -0.0847. The molecule has 8 heteroatoms. The van der Waals surface area contributed by atoms with Crippen LogP contribution in [-0.4, -0.2) is 52.8 Å². The number of carbonyl (C=O) groups is 1. The van der Waals surface area contributed by atoms with Crippen LogP contribution >= 0.6 is 11.3 Å². The number of aromatic nitrogens is 2. The highest BCUT2D eigenvalue weighted by Crippen LogP contribution is 2.56. The lowest BCUT2D eigenvalue weighted by Crippen LogP contribution is -2.49. The molecule has 3 N–H and O–H groups in total. The van der Waals surface area contributed by atoms with Crippen LogP contribution in [0.3, 0.4) is 0 Å². The van der Waals surface area contributed by atoms with Gasteiger partial charge in [0.1, 0.15) is 0 Å². The fourth-order valence-electron chi connectivity index (χ4n) is 4.12. The van der Waals surface area contributed by atoms with Crippen LogP contribution in [0.25, 0.3) is 0 Å². The predicted octanol–water partition coefficient (Wildman–Crippen LogP) is 1.87. The summed E-state index contributed by atoms with van der Waals surface area (Å²) in [5.41, 5.74) is 6.25. The molecule has 0 aromatic carbocycles. The number of carbonyl (C=O) groups excluding carboxylic acids is 1. The van der Waals surface area contributed by atoms with Crippen molar-refractivity contribution >= 4 is 27.5 Å². The van der Waals surface area contributed by atoms with E-state index in [9.17, 15) is 4.79 Å². The fraction of sp³-hybridized carbons (Fsp3) is 0.812. The Morgan fingerprint density at radius 3 is 2.79 bits per heavy atom. The number of nitrogens with one attached hydrogen (secondary N) is 1. The topological polar surface area (TPSA) is 93.4 Å². The molecule has 7 nitrogen and oxygen atoms in total. The molecule has 1 aromatic rings. The molecule has 1 aromatic heterocycles. The zero-order valence-electron chi connectivity index (χ0n) is 13.9. The highest BCUT2D eigenvalue weighted by atomic mass is 32.1. The number of morpholine rings is 1. The molecule has 1 unspecified atom stereocenters. The molecule has 1 spiro atoms. The van der Waals surface area contributed by atoms with Crippen LogP contribution in [0.2, 0.25) is 0 Å². The highest BCUT2D eigenvalue weighted by molar-refractivity contribution is 7.18. The van der Waals surface area contributed by atoms with Crippen LogP contribution in [0, 0.1) is 5.41 Å². The van der Waals surface area contributed by atoms with Gasteiger partial charge in [-0.15, -0.1) is 10.2 Å². The molecule has 1 aliphatic heterocycles. The number of hydrogen-bond donors (Lipinski definition) is 2. The molecule has 132 valence electrons. The van der Waals surface area contributed by atoms with Crippen molar-refractivity contribution in [2.45, 2.75) is 57.1 Å². The smallest absolute Gasteiger partial charge is 0.228 e. The van der Waals surface area contributed by atoms with Crippen molar-refractivity contribution in [3.05, 3.63) is 0 Å². The Kier molecular flexibility index (Phi) is 4.44. The molecule has 1 amide bonds. The van der Waals surface area contributed by atoms with E-state index in [1.165, 1.54) is 49.9 Å². The average molecular weight is 351 g/mol. The molecule has 2 saturated carbocycles. The fourth-order valence-corrected chi connectivity index (χ4v) is 4.64. The van der Waals surface area contributed by atoms with Crippen LogP contribution in [0.15, 0.2) is 0 Å². The van der Waals surface area contributed by atoms with E-state index >= 15 is 0 Å². The number of nitrogens with two attached hydrogens (primary N) is 1. The third-order valence-electron chi connectivity index (χ3n) is 5.76. The van der Waals surface area contributed by atoms with E-state index in [0.29, 0.717) is 29.3 Å². The minimum Gasteiger partial charge on any atom is -0.375 e. The molecule has 1 saturated heterocycles. The maximum absolute atomic E-state index is 12.2. The van der Waals surface area contributed by atoms with E-state index in [2.05, 4.69) is 20.4 Å². The van der Waals surface area contributed by atoms with E-state index in [-0.39, 0.29) is 12.0 Å². The molecule has 2 heterocycles. The van der Waals surface area contributed by atoms with Gasteiger partial charge in [0.15, 0.2) is 0 Å². The van der Waals surface area contributed by atoms with Crippen molar-refractivity contribution in [1.82, 2.24) is 15.1 Å². The second kappa shape index (κ2) is 6.57. The van der Waals surface area contributed by atoms with Gasteiger partial charge in [-0.1, -0.05) is 11.3 Å². The molecule has 24 heavy (non-hydrogen) atoms. The van der Waals surface area contributed by atoms with Gasteiger partial charge in [0.05, 0.1) is 19.1 Å². The zero-order chi connectivity index (χ0) is 16.6. The minimum absolute atomic E-state index is 0.0409. The van der Waals surface area contributed by atoms with E-state index in [1.54, 1.807) is 0 Å². The Labute approximate surface area is 145 Å². The summed E-state index contributed by atoms with van der Waals surface area (Å²) in [4.78, 5) is 14.7. The summed E-state index contributed by atoms with van der Waals surface area (Å²) >= 11 is 1.18. The van der Waals surface area contributed by atoms with Gasteiger partial charge >= 0.3 is 0 Å². The highest BCUT2D eigenvalue weighted by Gasteiger charge is 2.45. The Hall–Kier alpha value is -1.25. The standard InChI is InChI=1S/C16H25N5O2S/c17-14-19-20-15(24-14)18-13(22)9-12-10-21(7-8-23-12)11-1-3-16(4-2-11)5-6-16/h11-12H,1-10H2,(H2,17,19)(H,18,20,22). The zero-order valence-corrected chi connectivity index (χ0v) is 14.7. The summed E-state index contributed by atoms with van der Waals surface area (Å²) in [7, 11) is 0. The third-order valence-corrected chi connectivity index (χ3v) is 6.43. The van der Waals surface area contributed by atoms with Gasteiger partial charge in [0.25, 0.3) is 0 Å². The number of nitrogens with zero attached hydrogens (tertiary/aromatic N) is 3. The van der Waals surface area contributed by atoms with Crippen LogP contribution in [0.5, 0.6) is 0 Å². The Morgan fingerprint density at radius 1 is 1.33 bits per heavy atom. The maximum atomic E-state index is 12.2. The maximum Gasteiger partial charge on any atom is 0.228 e. The molecular weight excluding hydrogens is 326 g/mol. The SMILES string of the molecule is Nc1nnc(NC(=O)CC2CN(C3CCC4(CC3)CC4)CCO2)s1. The largest absolute Gasteiger partial charge is 0.375 e. The first-order valence-electron chi connectivity index (χ1n) is 8.86. The van der Waals surface area contributed by atoms with E-state index in [1.807, 2.05) is 0 Å². The lowest BCUT2D eigenvalue weighted by molar-refractivity contribution is -0.122. The second-order valence-corrected chi connectivity index (χ2v) is 8.43. The van der Waals surface area contributed by atoms with Gasteiger partial charge in [-0.3, -0.25) is 9.69 Å². The van der Waals surface area contributed by atoms with E-state index in [0.717, 1.165) is 18.5 Å². The number of nitrogen functional groups attached to an aromatic ring is 1. The van der Waals surface area contributed by atoms with Gasteiger partial charge in [-0.25, -0.2) is 0 Å². The van der Waals surface area contributed by atoms with Crippen LogP contribution in [0.4, 0.5) is 10.3 Å². The summed E-state index contributed by atoms with van der Waals surface area (Å²) in [6.07, 6.45) is 8.60. The summed E-state index contributed by atoms with van der Waals surface area (Å²) < 4.78 is 5.81. The van der Waals surface area contributed by atoms with Gasteiger partial charge in [0.2, 0.25) is 16.2 Å². The summed E-state index contributed by atoms with van der Waals surface area (Å²) in [6.45, 7) is 2.55. The lowest BCUT2D eigenvalue weighted by atomic mass is 9.82. The first-order valence-corrected chi connectivity index (χ1v) is 9.68. The first-order chi connectivity index (χ1) is 11.6. The van der Waals surface area contributed by atoms with Crippen molar-refractivity contribution in [2.75, 3.05) is 30.7 Å². The molecule has 4 rings (SSSR count). The lowest BCUT2D eigenvalue weighted by Gasteiger charge is -2.41. The van der Waals surface area contributed by atoms with Crippen molar-refractivity contribution in [3.8, 4) is 0 Å². The van der Waals surface area contributed by atoms with Crippen LogP contribution in [-0.2, 0) is 9.53 Å². The Bertz CT molecular complexity index is 593. The number of anilines is 2. The number of ether oxygens (including phenoxy) is 1. The first kappa shape index (κ1) is 16.2. The second-order valence-electron chi connectivity index (χ2n) is 7.42. The number of rotatable bonds is 4. The molecule has 0 bridgehead atoms.